The molecule has 20 heavy (non-hydrogen) atoms. The summed E-state index contributed by atoms with van der Waals surface area (Å²) in [5.41, 5.74) is 1.46. The number of phenols is 1. The van der Waals surface area contributed by atoms with Crippen molar-refractivity contribution in [2.45, 2.75) is 31.8 Å². The van der Waals surface area contributed by atoms with Crippen molar-refractivity contribution in [3.05, 3.63) is 39.4 Å². The monoisotopic (exact) mass is 394 g/mol. The number of benzene rings is 1. The van der Waals surface area contributed by atoms with Crippen LogP contribution in [-0.2, 0) is 20.8 Å². The van der Waals surface area contributed by atoms with Crippen molar-refractivity contribution in [3.63, 3.8) is 0 Å². The topological polar surface area (TPSA) is 75.7 Å². The van der Waals surface area contributed by atoms with Crippen LogP contribution in [0, 0.1) is 17.0 Å². The van der Waals surface area contributed by atoms with Gasteiger partial charge in [-0.2, -0.15) is 0 Å². The first-order valence-corrected chi connectivity index (χ1v) is 12.2. The van der Waals surface area contributed by atoms with Crippen molar-refractivity contribution in [2.24, 2.45) is 4.99 Å². The molecule has 0 spiro atoms. The standard InChI is InChI=1S/C12H14N2O3.2ClH.Zr/c1-8-3-2-4-9(12(8)15)7-13-10-5-11(6-10)14(16)17;;;/h2-4,7,10-11,15H,5-6H2,1H3;2*1H;/q;;;+2/p-2. The van der Waals surface area contributed by atoms with Gasteiger partial charge in [0.15, 0.2) is 0 Å². The molecule has 108 valence electrons. The van der Waals surface area contributed by atoms with Gasteiger partial charge in [0.2, 0.25) is 6.04 Å². The zero-order chi connectivity index (χ0) is 15.1. The summed E-state index contributed by atoms with van der Waals surface area (Å²) in [4.78, 5) is 14.4. The molecule has 8 heteroatoms. The first-order valence-electron chi connectivity index (χ1n) is 5.91. The van der Waals surface area contributed by atoms with Crippen LogP contribution in [0.2, 0.25) is 0 Å². The summed E-state index contributed by atoms with van der Waals surface area (Å²) in [6, 6.07) is 5.01. The molecule has 0 bridgehead atoms. The van der Waals surface area contributed by atoms with Crippen LogP contribution >= 0.6 is 17.0 Å². The normalized spacial score (nSPS) is 20.8. The molecule has 0 saturated heterocycles. The number of rotatable bonds is 3. The maximum absolute atomic E-state index is 10.4. The molecule has 2 rings (SSSR count). The Morgan fingerprint density at radius 1 is 1.50 bits per heavy atom. The summed E-state index contributed by atoms with van der Waals surface area (Å²) in [5.74, 6) is 0.224. The van der Waals surface area contributed by atoms with Gasteiger partial charge in [0.05, 0.1) is 6.04 Å². The molecule has 1 N–H and O–H groups in total. The molecule has 5 nitrogen and oxygen atoms in total. The summed E-state index contributed by atoms with van der Waals surface area (Å²) in [7, 11) is 9.87. The first kappa shape index (κ1) is 17.6. The third kappa shape index (κ3) is 5.15. The average Bonchev–Trinajstić information content (AvgIpc) is 2.33. The minimum absolute atomic E-state index is 0.0188. The van der Waals surface area contributed by atoms with Crippen LogP contribution in [0.1, 0.15) is 24.0 Å². The fourth-order valence-electron chi connectivity index (χ4n) is 1.82. The molecular formula is C12H14Cl2N2O3Zr. The minimum atomic E-state index is -0.826. The van der Waals surface area contributed by atoms with Crippen LogP contribution in [0.15, 0.2) is 23.2 Å². The van der Waals surface area contributed by atoms with Gasteiger partial charge < -0.3 is 5.11 Å². The number of para-hydroxylation sites is 1. The van der Waals surface area contributed by atoms with Gasteiger partial charge >= 0.3 is 37.9 Å². The van der Waals surface area contributed by atoms with Gasteiger partial charge in [0.1, 0.15) is 5.75 Å². The first-order chi connectivity index (χ1) is 9.49. The molecule has 1 aliphatic rings. The van der Waals surface area contributed by atoms with Crippen molar-refractivity contribution >= 4 is 23.2 Å². The molecule has 0 unspecified atom stereocenters. The van der Waals surface area contributed by atoms with E-state index >= 15 is 0 Å². The van der Waals surface area contributed by atoms with Crippen molar-refractivity contribution in [2.75, 3.05) is 0 Å². The average molecular weight is 396 g/mol. The molecule has 1 saturated carbocycles. The van der Waals surface area contributed by atoms with Crippen molar-refractivity contribution in [1.82, 2.24) is 0 Å². The van der Waals surface area contributed by atoms with Crippen molar-refractivity contribution in [3.8, 4) is 5.75 Å². The quantitative estimate of drug-likeness (QED) is 0.484. The molecule has 0 heterocycles. The Morgan fingerprint density at radius 3 is 2.65 bits per heavy atom. The van der Waals surface area contributed by atoms with Crippen LogP contribution in [0.4, 0.5) is 0 Å². The Morgan fingerprint density at radius 2 is 2.10 bits per heavy atom. The number of halogens is 2. The van der Waals surface area contributed by atoms with E-state index in [1.165, 1.54) is 0 Å². The van der Waals surface area contributed by atoms with E-state index in [1.54, 1.807) is 12.3 Å². The van der Waals surface area contributed by atoms with E-state index in [2.05, 4.69) is 4.99 Å². The molecule has 1 aromatic rings. The second kappa shape index (κ2) is 8.75. The van der Waals surface area contributed by atoms with Gasteiger partial charge in [-0.3, -0.25) is 15.1 Å². The fraction of sp³-hybridized carbons (Fsp3) is 0.417. The van der Waals surface area contributed by atoms with E-state index in [1.807, 2.05) is 19.1 Å². The van der Waals surface area contributed by atoms with Gasteiger partial charge in [-0.1, -0.05) is 12.1 Å². The van der Waals surface area contributed by atoms with Crippen molar-refractivity contribution < 1.29 is 30.9 Å². The number of phenolic OH excluding ortho intramolecular Hbond substituents is 1. The molecule has 1 fully saturated rings. The maximum atomic E-state index is 10.4. The summed E-state index contributed by atoms with van der Waals surface area (Å²) >= 11 is -0.826. The van der Waals surface area contributed by atoms with E-state index < -0.39 is 26.9 Å². The van der Waals surface area contributed by atoms with Crippen LogP contribution in [0.3, 0.4) is 0 Å². The molecule has 0 aliphatic heterocycles. The van der Waals surface area contributed by atoms with Gasteiger partial charge in [-0.05, 0) is 18.6 Å². The molecule has 0 radical (unpaired) electrons. The number of hydrogen-bond donors (Lipinski definition) is 1. The number of nitrogens with zero attached hydrogens (tertiary/aromatic N) is 2. The van der Waals surface area contributed by atoms with Crippen LogP contribution in [0.25, 0.3) is 0 Å². The SMILES string of the molecule is Cc1cccc(C=NC2CC([N+](=O)[O-])C2)c1O.[Cl][Zr][Cl]. The molecule has 0 atom stereocenters. The van der Waals surface area contributed by atoms with Gasteiger partial charge in [-0.15, -0.1) is 0 Å². The van der Waals surface area contributed by atoms with Crippen molar-refractivity contribution in [1.29, 1.82) is 0 Å². The van der Waals surface area contributed by atoms with Crippen LogP contribution in [0.5, 0.6) is 5.75 Å². The Balaban J connectivity index is 0.000000612. The predicted molar refractivity (Wildman–Crippen MR) is 75.9 cm³/mol. The van der Waals surface area contributed by atoms with E-state index in [-0.39, 0.29) is 16.7 Å². The number of aryl methyl sites for hydroxylation is 1. The predicted octanol–water partition coefficient (Wildman–Crippen LogP) is 3.30. The third-order valence-electron chi connectivity index (χ3n) is 3.08. The molecule has 0 aromatic heterocycles. The van der Waals surface area contributed by atoms with Gasteiger partial charge in [0.25, 0.3) is 0 Å². The Kier molecular flexibility index (Phi) is 7.71. The summed E-state index contributed by atoms with van der Waals surface area (Å²) in [6.07, 6.45) is 2.59. The van der Waals surface area contributed by atoms with E-state index in [0.29, 0.717) is 18.4 Å². The van der Waals surface area contributed by atoms with Crippen LogP contribution < -0.4 is 0 Å². The number of aromatic hydroxyl groups is 1. The fourth-order valence-corrected chi connectivity index (χ4v) is 1.82. The van der Waals surface area contributed by atoms with Crippen LogP contribution in [-0.4, -0.2) is 28.3 Å². The summed E-state index contributed by atoms with van der Waals surface area (Å²) < 4.78 is 0. The Labute approximate surface area is 135 Å². The molecule has 0 amide bonds. The van der Waals surface area contributed by atoms with E-state index in [9.17, 15) is 15.2 Å². The molecular weight excluding hydrogens is 382 g/mol. The Bertz CT molecular complexity index is 494. The summed E-state index contributed by atoms with van der Waals surface area (Å²) in [5, 5.41) is 20.2. The molecule has 1 aliphatic carbocycles. The zero-order valence-corrected chi connectivity index (χ0v) is 14.8. The summed E-state index contributed by atoms with van der Waals surface area (Å²) in [6.45, 7) is 1.82. The number of hydrogen-bond acceptors (Lipinski definition) is 4. The van der Waals surface area contributed by atoms with Gasteiger partial charge in [0, 0.05) is 29.5 Å². The second-order valence-corrected chi connectivity index (χ2v) is 8.16. The van der Waals surface area contributed by atoms with Gasteiger partial charge in [-0.25, -0.2) is 0 Å². The second-order valence-electron chi connectivity index (χ2n) is 4.43. The molecule has 1 aromatic carbocycles. The van der Waals surface area contributed by atoms with E-state index in [4.69, 9.17) is 17.0 Å². The third-order valence-corrected chi connectivity index (χ3v) is 3.08. The van der Waals surface area contributed by atoms with E-state index in [0.717, 1.165) is 5.56 Å². The Hall–Kier alpha value is -0.447. The number of aliphatic imine (C=N–C) groups is 1. The number of nitro groups is 1. The zero-order valence-electron chi connectivity index (χ0n) is 10.8.